The first-order valence-corrected chi connectivity index (χ1v) is 10.4. The Labute approximate surface area is 165 Å². The van der Waals surface area contributed by atoms with Crippen molar-refractivity contribution in [3.05, 3.63) is 24.3 Å². The van der Waals surface area contributed by atoms with Gasteiger partial charge in [-0.1, -0.05) is 38.5 Å². The van der Waals surface area contributed by atoms with Crippen LogP contribution in [0.5, 0.6) is 5.75 Å². The number of carbonyl (C=O) groups is 1. The van der Waals surface area contributed by atoms with Gasteiger partial charge in [0.25, 0.3) is 0 Å². The Kier molecular flexibility index (Phi) is 6.42. The van der Waals surface area contributed by atoms with Gasteiger partial charge in [-0.05, 0) is 42.5 Å². The molecule has 0 bridgehead atoms. The zero-order valence-electron chi connectivity index (χ0n) is 16.4. The highest BCUT2D eigenvalue weighted by Gasteiger charge is 2.28. The van der Waals surface area contributed by atoms with Gasteiger partial charge in [0.2, 0.25) is 5.91 Å². The summed E-state index contributed by atoms with van der Waals surface area (Å²) in [6.07, 6.45) is 3.53. The van der Waals surface area contributed by atoms with E-state index in [0.717, 1.165) is 28.7 Å². The van der Waals surface area contributed by atoms with Gasteiger partial charge in [0, 0.05) is 18.7 Å². The average molecular weight is 389 g/mol. The average Bonchev–Trinajstić information content (AvgIpc) is 3.04. The number of aromatic nitrogens is 3. The van der Waals surface area contributed by atoms with Crippen LogP contribution in [-0.4, -0.2) is 39.6 Å². The second-order valence-electron chi connectivity index (χ2n) is 7.32. The summed E-state index contributed by atoms with van der Waals surface area (Å²) in [5.41, 5.74) is 0.965. The Bertz CT molecular complexity index is 775. The number of carbonyl (C=O) groups excluding carboxylic acids is 1. The lowest BCUT2D eigenvalue weighted by Gasteiger charge is -2.34. The Morgan fingerprint density at radius 3 is 2.70 bits per heavy atom. The van der Waals surface area contributed by atoms with Crippen molar-refractivity contribution in [2.45, 2.75) is 44.3 Å². The maximum Gasteiger partial charge on any atom is 0.230 e. The van der Waals surface area contributed by atoms with E-state index in [0.29, 0.717) is 17.6 Å². The fraction of sp³-hybridized carbons (Fsp3) is 0.550. The van der Waals surface area contributed by atoms with Gasteiger partial charge in [0.1, 0.15) is 5.75 Å². The number of hydrogen-bond donors (Lipinski definition) is 1. The van der Waals surface area contributed by atoms with Gasteiger partial charge >= 0.3 is 0 Å². The molecule has 0 radical (unpaired) electrons. The molecule has 1 saturated carbocycles. The summed E-state index contributed by atoms with van der Waals surface area (Å²) in [7, 11) is 3.57. The molecule has 27 heavy (non-hydrogen) atoms. The molecule has 0 aliphatic heterocycles. The van der Waals surface area contributed by atoms with E-state index in [-0.39, 0.29) is 11.9 Å². The molecule has 1 aliphatic carbocycles. The number of thioether (sulfide) groups is 1. The molecular formula is C20H28N4O2S. The molecule has 1 aliphatic rings. The van der Waals surface area contributed by atoms with Crippen LogP contribution in [0.1, 0.15) is 33.1 Å². The van der Waals surface area contributed by atoms with Gasteiger partial charge < -0.3 is 14.6 Å². The number of amides is 1. The molecule has 1 amide bonds. The zero-order valence-corrected chi connectivity index (χ0v) is 17.3. The molecule has 0 unspecified atom stereocenters. The minimum absolute atomic E-state index is 0.0694. The fourth-order valence-electron chi connectivity index (χ4n) is 3.60. The van der Waals surface area contributed by atoms with Gasteiger partial charge in [0.15, 0.2) is 11.0 Å². The van der Waals surface area contributed by atoms with Gasteiger partial charge in [-0.15, -0.1) is 10.2 Å². The Hall–Kier alpha value is -2.02. The Morgan fingerprint density at radius 1 is 1.26 bits per heavy atom. The number of nitrogens with one attached hydrogen (secondary N) is 1. The topological polar surface area (TPSA) is 69.0 Å². The molecule has 0 saturated heterocycles. The lowest BCUT2D eigenvalue weighted by atomic mass is 9.78. The highest BCUT2D eigenvalue weighted by molar-refractivity contribution is 7.99. The van der Waals surface area contributed by atoms with Gasteiger partial charge in [-0.3, -0.25) is 4.79 Å². The van der Waals surface area contributed by atoms with Crippen molar-refractivity contribution in [1.82, 2.24) is 20.1 Å². The maximum atomic E-state index is 12.4. The molecule has 3 atom stereocenters. The van der Waals surface area contributed by atoms with Crippen LogP contribution in [-0.2, 0) is 11.8 Å². The van der Waals surface area contributed by atoms with Crippen LogP contribution in [0.25, 0.3) is 11.4 Å². The van der Waals surface area contributed by atoms with Crippen LogP contribution in [0.4, 0.5) is 0 Å². The van der Waals surface area contributed by atoms with Crippen LogP contribution < -0.4 is 10.1 Å². The van der Waals surface area contributed by atoms with Crippen molar-refractivity contribution in [2.24, 2.45) is 18.9 Å². The molecule has 146 valence electrons. The lowest BCUT2D eigenvalue weighted by molar-refractivity contribution is -0.120. The van der Waals surface area contributed by atoms with Crippen molar-refractivity contribution in [1.29, 1.82) is 0 Å². The standard InChI is InChI=1S/C20H28N4O2S/c1-13-6-5-7-17(14(13)2)21-18(25)12-27-20-23-22-19(24(20)3)15-8-10-16(26-4)11-9-15/h8-11,13-14,17H,5-7,12H2,1-4H3,(H,21,25)/t13-,14-,17+/m1/s1. The summed E-state index contributed by atoms with van der Waals surface area (Å²) in [5.74, 6) is 3.20. The van der Waals surface area contributed by atoms with Crippen LogP contribution in [0, 0.1) is 11.8 Å². The van der Waals surface area contributed by atoms with E-state index < -0.39 is 0 Å². The smallest absolute Gasteiger partial charge is 0.230 e. The Balaban J connectivity index is 1.58. The molecule has 6 nitrogen and oxygen atoms in total. The molecule has 0 spiro atoms. The zero-order chi connectivity index (χ0) is 19.4. The van der Waals surface area contributed by atoms with E-state index >= 15 is 0 Å². The second kappa shape index (κ2) is 8.78. The number of benzene rings is 1. The van der Waals surface area contributed by atoms with E-state index in [1.807, 2.05) is 35.9 Å². The largest absolute Gasteiger partial charge is 0.497 e. The molecule has 1 aromatic carbocycles. The highest BCUT2D eigenvalue weighted by Crippen LogP contribution is 2.30. The molecule has 1 aromatic heterocycles. The molecule has 1 N–H and O–H groups in total. The lowest BCUT2D eigenvalue weighted by Crippen LogP contribution is -2.44. The molecule has 1 heterocycles. The van der Waals surface area contributed by atoms with E-state index in [1.165, 1.54) is 24.6 Å². The quantitative estimate of drug-likeness (QED) is 0.767. The van der Waals surface area contributed by atoms with Gasteiger partial charge in [-0.25, -0.2) is 0 Å². The SMILES string of the molecule is COc1ccc(-c2nnc(SCC(=O)N[C@H]3CCC[C@@H](C)[C@H]3C)n2C)cc1. The predicted octanol–water partition coefficient (Wildman–Crippen LogP) is 3.52. The van der Waals surface area contributed by atoms with Gasteiger partial charge in [0.05, 0.1) is 12.9 Å². The Morgan fingerprint density at radius 2 is 2.00 bits per heavy atom. The van der Waals surface area contributed by atoms with Crippen molar-refractivity contribution in [3.8, 4) is 17.1 Å². The summed E-state index contributed by atoms with van der Waals surface area (Å²) in [4.78, 5) is 12.4. The normalized spacial score (nSPS) is 22.4. The van der Waals surface area contributed by atoms with E-state index in [1.54, 1.807) is 7.11 Å². The van der Waals surface area contributed by atoms with Crippen molar-refractivity contribution >= 4 is 17.7 Å². The highest BCUT2D eigenvalue weighted by atomic mass is 32.2. The summed E-state index contributed by atoms with van der Waals surface area (Å²) in [6, 6.07) is 7.99. The van der Waals surface area contributed by atoms with Crippen LogP contribution in [0.3, 0.4) is 0 Å². The number of nitrogens with zero attached hydrogens (tertiary/aromatic N) is 3. The molecular weight excluding hydrogens is 360 g/mol. The van der Waals surface area contributed by atoms with Gasteiger partial charge in [-0.2, -0.15) is 0 Å². The van der Waals surface area contributed by atoms with E-state index in [9.17, 15) is 4.79 Å². The number of ether oxygens (including phenoxy) is 1. The van der Waals surface area contributed by atoms with Crippen LogP contribution in [0.2, 0.25) is 0 Å². The molecule has 3 rings (SSSR count). The first-order chi connectivity index (χ1) is 13.0. The van der Waals surface area contributed by atoms with Crippen molar-refractivity contribution in [2.75, 3.05) is 12.9 Å². The monoisotopic (exact) mass is 388 g/mol. The second-order valence-corrected chi connectivity index (χ2v) is 8.27. The summed E-state index contributed by atoms with van der Waals surface area (Å²) < 4.78 is 7.11. The third-order valence-corrected chi connectivity index (χ3v) is 6.59. The molecule has 2 aromatic rings. The fourth-order valence-corrected chi connectivity index (χ4v) is 4.32. The first kappa shape index (κ1) is 19.7. The summed E-state index contributed by atoms with van der Waals surface area (Å²) in [6.45, 7) is 4.52. The molecule has 7 heteroatoms. The third kappa shape index (κ3) is 4.64. The maximum absolute atomic E-state index is 12.4. The first-order valence-electron chi connectivity index (χ1n) is 9.45. The molecule has 1 fully saturated rings. The van der Waals surface area contributed by atoms with E-state index in [2.05, 4.69) is 29.4 Å². The predicted molar refractivity (Wildman–Crippen MR) is 108 cm³/mol. The summed E-state index contributed by atoms with van der Waals surface area (Å²) in [5, 5.41) is 12.5. The minimum atomic E-state index is 0.0694. The third-order valence-electron chi connectivity index (χ3n) is 5.57. The van der Waals surface area contributed by atoms with Crippen molar-refractivity contribution < 1.29 is 9.53 Å². The number of hydrogen-bond acceptors (Lipinski definition) is 5. The van der Waals surface area contributed by atoms with Crippen LogP contribution >= 0.6 is 11.8 Å². The number of rotatable bonds is 6. The van der Waals surface area contributed by atoms with Crippen LogP contribution in [0.15, 0.2) is 29.4 Å². The minimum Gasteiger partial charge on any atom is -0.497 e. The van der Waals surface area contributed by atoms with Crippen molar-refractivity contribution in [3.63, 3.8) is 0 Å². The number of methoxy groups -OCH3 is 1. The van der Waals surface area contributed by atoms with E-state index in [4.69, 9.17) is 4.74 Å². The summed E-state index contributed by atoms with van der Waals surface area (Å²) >= 11 is 1.42.